The average Bonchev–Trinajstić information content (AvgIpc) is 3.47. The third kappa shape index (κ3) is 2.76. The number of amides is 2. The topological polar surface area (TPSA) is 59.0 Å². The van der Waals surface area contributed by atoms with Crippen LogP contribution in [-0.4, -0.2) is 23.0 Å². The predicted molar refractivity (Wildman–Crippen MR) is 129 cm³/mol. The van der Waals surface area contributed by atoms with Gasteiger partial charge in [0.15, 0.2) is 0 Å². The van der Waals surface area contributed by atoms with Gasteiger partial charge in [0.05, 0.1) is 18.1 Å². The maximum absolute atomic E-state index is 13.0. The molecule has 4 atom stereocenters. The van der Waals surface area contributed by atoms with E-state index in [-0.39, 0.29) is 40.9 Å². The number of hydrogen-bond acceptors (Lipinski definition) is 4. The highest BCUT2D eigenvalue weighted by atomic mass is 16.5. The van der Waals surface area contributed by atoms with E-state index in [4.69, 9.17) is 4.74 Å². The first-order valence-electron chi connectivity index (χ1n) is 12.0. The highest BCUT2D eigenvalue weighted by Gasteiger charge is 2.73. The SMILES string of the molecule is O=C1[C@@H]2[C@@H](C(=O)N1/N=C\c1ccc(OCc3cccc4ccccc34)cc1)[C@H]1C=C[C@H]2C12CC2. The Balaban J connectivity index is 1.03. The van der Waals surface area contributed by atoms with Crippen LogP contribution in [0.25, 0.3) is 10.8 Å². The Hall–Kier alpha value is -3.73. The molecule has 3 fully saturated rings. The molecule has 1 aliphatic heterocycles. The molecule has 2 bridgehead atoms. The molecule has 1 saturated heterocycles. The number of benzene rings is 3. The van der Waals surface area contributed by atoms with Crippen LogP contribution in [0, 0.1) is 29.1 Å². The molecule has 0 unspecified atom stereocenters. The average molecular weight is 449 g/mol. The minimum Gasteiger partial charge on any atom is -0.489 e. The minimum atomic E-state index is -0.216. The van der Waals surface area contributed by atoms with E-state index in [1.165, 1.54) is 10.8 Å². The molecule has 0 N–H and O–H groups in total. The molecule has 3 aromatic carbocycles. The van der Waals surface area contributed by atoms with Crippen molar-refractivity contribution in [3.8, 4) is 5.75 Å². The van der Waals surface area contributed by atoms with E-state index in [1.54, 1.807) is 6.21 Å². The second-order valence-corrected chi connectivity index (χ2v) is 9.95. The van der Waals surface area contributed by atoms with Crippen LogP contribution in [-0.2, 0) is 16.2 Å². The molecule has 3 aliphatic carbocycles. The number of imide groups is 1. The Morgan fingerprint density at radius 2 is 1.56 bits per heavy atom. The lowest BCUT2D eigenvalue weighted by Crippen LogP contribution is -2.30. The van der Waals surface area contributed by atoms with E-state index in [0.717, 1.165) is 34.7 Å². The fourth-order valence-electron chi connectivity index (χ4n) is 6.53. The minimum absolute atomic E-state index is 0.135. The van der Waals surface area contributed by atoms with Gasteiger partial charge >= 0.3 is 0 Å². The fraction of sp³-hybridized carbons (Fsp3) is 0.276. The number of carbonyl (C=O) groups is 2. The molecule has 168 valence electrons. The van der Waals surface area contributed by atoms with Crippen LogP contribution < -0.4 is 4.74 Å². The van der Waals surface area contributed by atoms with Gasteiger partial charge in [-0.05, 0) is 76.3 Å². The van der Waals surface area contributed by atoms with Gasteiger partial charge in [0.2, 0.25) is 0 Å². The Kier molecular flexibility index (Phi) is 4.14. The van der Waals surface area contributed by atoms with Crippen molar-refractivity contribution in [2.24, 2.45) is 34.2 Å². The fourth-order valence-corrected chi connectivity index (χ4v) is 6.53. The number of hydrogen-bond donors (Lipinski definition) is 0. The number of allylic oxidation sites excluding steroid dienone is 2. The van der Waals surface area contributed by atoms with E-state index in [0.29, 0.717) is 6.61 Å². The Morgan fingerprint density at radius 1 is 0.882 bits per heavy atom. The third-order valence-corrected chi connectivity index (χ3v) is 8.31. The van der Waals surface area contributed by atoms with Gasteiger partial charge in [-0.2, -0.15) is 10.1 Å². The molecule has 5 heteroatoms. The van der Waals surface area contributed by atoms with Crippen LogP contribution in [0.4, 0.5) is 0 Å². The zero-order chi connectivity index (χ0) is 22.9. The molecular weight excluding hydrogens is 424 g/mol. The summed E-state index contributed by atoms with van der Waals surface area (Å²) in [6, 6.07) is 22.0. The number of fused-ring (bicyclic) bond motifs is 4. The van der Waals surface area contributed by atoms with Crippen molar-refractivity contribution in [1.82, 2.24) is 5.01 Å². The number of rotatable bonds is 5. The van der Waals surface area contributed by atoms with E-state index >= 15 is 0 Å². The van der Waals surface area contributed by atoms with Crippen molar-refractivity contribution < 1.29 is 14.3 Å². The van der Waals surface area contributed by atoms with Gasteiger partial charge in [-0.25, -0.2) is 0 Å². The Labute approximate surface area is 197 Å². The van der Waals surface area contributed by atoms with Crippen molar-refractivity contribution in [2.45, 2.75) is 19.4 Å². The standard InChI is InChI=1S/C29H24N2O3/c32-27-25-23-12-13-24(29(23)14-15-29)26(25)28(33)31(27)30-16-18-8-10-21(11-9-18)34-17-20-6-3-5-19-4-1-2-7-22(19)20/h1-13,16,23-26H,14-15,17H2/b30-16-/t23-,24-,25+,26+/m1/s1. The lowest BCUT2D eigenvalue weighted by molar-refractivity contribution is -0.141. The monoisotopic (exact) mass is 448 g/mol. The van der Waals surface area contributed by atoms with E-state index < -0.39 is 0 Å². The first kappa shape index (κ1) is 19.7. The molecule has 2 saturated carbocycles. The number of ether oxygens (including phenoxy) is 1. The third-order valence-electron chi connectivity index (χ3n) is 8.31. The maximum Gasteiger partial charge on any atom is 0.254 e. The van der Waals surface area contributed by atoms with Gasteiger partial charge in [-0.15, -0.1) is 0 Å². The van der Waals surface area contributed by atoms with E-state index in [1.807, 2.05) is 42.5 Å². The van der Waals surface area contributed by atoms with Crippen molar-refractivity contribution in [2.75, 3.05) is 0 Å². The zero-order valence-electron chi connectivity index (χ0n) is 18.6. The zero-order valence-corrected chi connectivity index (χ0v) is 18.6. The normalized spacial score (nSPS) is 27.9. The van der Waals surface area contributed by atoms with Crippen LogP contribution in [0.3, 0.4) is 0 Å². The van der Waals surface area contributed by atoms with Crippen molar-refractivity contribution in [1.29, 1.82) is 0 Å². The van der Waals surface area contributed by atoms with E-state index in [9.17, 15) is 9.59 Å². The largest absolute Gasteiger partial charge is 0.489 e. The van der Waals surface area contributed by atoms with Gasteiger partial charge in [0.25, 0.3) is 11.8 Å². The highest BCUT2D eigenvalue weighted by molar-refractivity contribution is 6.07. The molecule has 7 rings (SSSR count). The first-order chi connectivity index (χ1) is 16.7. The number of nitrogens with zero attached hydrogens (tertiary/aromatic N) is 2. The summed E-state index contributed by atoms with van der Waals surface area (Å²) in [4.78, 5) is 26.1. The summed E-state index contributed by atoms with van der Waals surface area (Å²) in [6.07, 6.45) is 8.22. The van der Waals surface area contributed by atoms with Crippen LogP contribution in [0.2, 0.25) is 0 Å². The lowest BCUT2D eigenvalue weighted by atomic mass is 9.85. The first-order valence-corrected chi connectivity index (χ1v) is 12.0. The maximum atomic E-state index is 13.0. The van der Waals surface area contributed by atoms with E-state index in [2.05, 4.69) is 41.5 Å². The van der Waals surface area contributed by atoms with Crippen LogP contribution in [0.5, 0.6) is 5.75 Å². The molecule has 1 heterocycles. The molecule has 5 nitrogen and oxygen atoms in total. The summed E-state index contributed by atoms with van der Waals surface area (Å²) in [5.74, 6) is 0.493. The summed E-state index contributed by atoms with van der Waals surface area (Å²) in [5, 5.41) is 7.80. The summed E-state index contributed by atoms with van der Waals surface area (Å²) in [5.41, 5.74) is 2.16. The predicted octanol–water partition coefficient (Wildman–Crippen LogP) is 4.95. The van der Waals surface area contributed by atoms with Gasteiger partial charge in [-0.1, -0.05) is 54.6 Å². The van der Waals surface area contributed by atoms with Crippen LogP contribution >= 0.6 is 0 Å². The van der Waals surface area contributed by atoms with Crippen molar-refractivity contribution in [3.63, 3.8) is 0 Å². The molecular formula is C29H24N2O3. The number of hydrazone groups is 1. The summed E-state index contributed by atoms with van der Waals surface area (Å²) < 4.78 is 6.00. The van der Waals surface area contributed by atoms with Crippen molar-refractivity contribution in [3.05, 3.63) is 90.0 Å². The second kappa shape index (κ2) is 7.13. The summed E-state index contributed by atoms with van der Waals surface area (Å²) in [6.45, 7) is 0.478. The highest BCUT2D eigenvalue weighted by Crippen LogP contribution is 2.73. The number of carbonyl (C=O) groups excluding carboxylic acids is 2. The molecule has 34 heavy (non-hydrogen) atoms. The van der Waals surface area contributed by atoms with Crippen LogP contribution in [0.15, 0.2) is 84.0 Å². The smallest absolute Gasteiger partial charge is 0.254 e. The molecule has 4 aliphatic rings. The van der Waals surface area contributed by atoms with Gasteiger partial charge in [0.1, 0.15) is 12.4 Å². The van der Waals surface area contributed by atoms with Crippen molar-refractivity contribution >= 4 is 28.8 Å². The second-order valence-electron chi connectivity index (χ2n) is 9.95. The quantitative estimate of drug-likeness (QED) is 0.315. The van der Waals surface area contributed by atoms with Crippen LogP contribution in [0.1, 0.15) is 24.0 Å². The lowest BCUT2D eigenvalue weighted by Gasteiger charge is -2.18. The van der Waals surface area contributed by atoms with Gasteiger partial charge in [-0.3, -0.25) is 9.59 Å². The molecule has 1 spiro atoms. The molecule has 0 aromatic heterocycles. The summed E-state index contributed by atoms with van der Waals surface area (Å²) >= 11 is 0. The summed E-state index contributed by atoms with van der Waals surface area (Å²) in [7, 11) is 0. The molecule has 0 radical (unpaired) electrons. The molecule has 3 aromatic rings. The Bertz CT molecular complexity index is 1350. The Morgan fingerprint density at radius 3 is 2.26 bits per heavy atom. The van der Waals surface area contributed by atoms with Gasteiger partial charge < -0.3 is 4.74 Å². The molecule has 2 amide bonds. The van der Waals surface area contributed by atoms with Gasteiger partial charge in [0, 0.05) is 0 Å².